The Morgan fingerprint density at radius 3 is 2.56 bits per heavy atom. The van der Waals surface area contributed by atoms with Crippen molar-refractivity contribution in [2.75, 3.05) is 53.2 Å². The Labute approximate surface area is 229 Å². The van der Waals surface area contributed by atoms with Crippen LogP contribution in [0.15, 0.2) is 0 Å². The number of nitrogens with zero attached hydrogens (tertiary/aromatic N) is 3. The second-order valence-corrected chi connectivity index (χ2v) is 13.9. The van der Waals surface area contributed by atoms with E-state index in [4.69, 9.17) is 9.47 Å². The van der Waals surface area contributed by atoms with Crippen LogP contribution in [0.25, 0.3) is 0 Å². The topological polar surface area (TPSA) is 69.3 Å². The van der Waals surface area contributed by atoms with Gasteiger partial charge in [-0.1, -0.05) is 6.42 Å². The molecule has 9 unspecified atom stereocenters. The van der Waals surface area contributed by atoms with Gasteiger partial charge in [-0.05, 0) is 69.7 Å². The molecule has 0 aromatic heterocycles. The largest absolute Gasteiger partial charge is 0.392 e. The van der Waals surface area contributed by atoms with E-state index in [9.17, 15) is 18.0 Å². The molecule has 2 N–H and O–H groups in total. The zero-order chi connectivity index (χ0) is 26.9. The molecule has 7 fully saturated rings. The number of hydrogen-bond donors (Lipinski definition) is 2. The molecule has 0 spiro atoms. The van der Waals surface area contributed by atoms with Crippen LogP contribution in [0.3, 0.4) is 0 Å². The lowest BCUT2D eigenvalue weighted by Gasteiger charge is -2.52. The summed E-state index contributed by atoms with van der Waals surface area (Å²) in [5, 5.41) is 0. The number of likely N-dealkylation sites (tertiary alicyclic amines) is 2. The highest BCUT2D eigenvalue weighted by atomic mass is 19.4. The molecule has 11 heteroatoms. The maximum Gasteiger partial charge on any atom is 0.392 e. The highest BCUT2D eigenvalue weighted by molar-refractivity contribution is 5.82. The van der Waals surface area contributed by atoms with E-state index < -0.39 is 23.9 Å². The smallest absolute Gasteiger partial charge is 0.380 e. The molecule has 2 saturated carbocycles. The number of halogens is 3. The number of hydrogen-bond acceptors (Lipinski definition) is 7. The highest BCUT2D eigenvalue weighted by Gasteiger charge is 2.59. The fourth-order valence-electron chi connectivity index (χ4n) is 9.39. The molecular formula is C28H44F3N5O3. The number of morpholine rings is 1. The average molecular weight is 556 g/mol. The van der Waals surface area contributed by atoms with E-state index in [1.54, 1.807) is 0 Å². The second-order valence-electron chi connectivity index (χ2n) is 13.9. The molecule has 220 valence electrons. The van der Waals surface area contributed by atoms with Gasteiger partial charge in [-0.2, -0.15) is 13.2 Å². The number of rotatable bonds is 6. The van der Waals surface area contributed by atoms with E-state index in [0.717, 1.165) is 65.0 Å². The summed E-state index contributed by atoms with van der Waals surface area (Å²) in [7, 11) is 2.10. The van der Waals surface area contributed by atoms with Crippen LogP contribution < -0.4 is 10.9 Å². The predicted molar refractivity (Wildman–Crippen MR) is 137 cm³/mol. The van der Waals surface area contributed by atoms with Gasteiger partial charge in [-0.3, -0.25) is 14.6 Å². The Morgan fingerprint density at radius 2 is 1.92 bits per heavy atom. The lowest BCUT2D eigenvalue weighted by atomic mass is 9.64. The SMILES string of the molecule is CN1CNNC1CC1(C2CCCC(N3CC4C(CC(CN5CC6CC5CO6)CC4C(F)(F)F)C3=O)C2)COC1. The molecule has 1 amide bonds. The molecule has 39 heavy (non-hydrogen) atoms. The lowest BCUT2D eigenvalue weighted by Crippen LogP contribution is -2.56. The number of alkyl halides is 3. The van der Waals surface area contributed by atoms with E-state index in [1.165, 1.54) is 0 Å². The zero-order valence-electron chi connectivity index (χ0n) is 23.0. The van der Waals surface area contributed by atoms with Crippen molar-refractivity contribution in [3.8, 4) is 0 Å². The predicted octanol–water partition coefficient (Wildman–Crippen LogP) is 2.41. The minimum atomic E-state index is -4.26. The van der Waals surface area contributed by atoms with Gasteiger partial charge >= 0.3 is 6.18 Å². The monoisotopic (exact) mass is 555 g/mol. The van der Waals surface area contributed by atoms with Gasteiger partial charge in [0, 0.05) is 43.1 Å². The van der Waals surface area contributed by atoms with Gasteiger partial charge in [-0.25, -0.2) is 10.9 Å². The minimum absolute atomic E-state index is 0.00354. The Bertz CT molecular complexity index is 935. The summed E-state index contributed by atoms with van der Waals surface area (Å²) >= 11 is 0. The number of hydrazine groups is 1. The quantitative estimate of drug-likeness (QED) is 0.522. The van der Waals surface area contributed by atoms with Crippen LogP contribution in [0.2, 0.25) is 0 Å². The number of carbonyl (C=O) groups is 1. The maximum atomic E-state index is 14.4. The molecular weight excluding hydrogens is 511 g/mol. The van der Waals surface area contributed by atoms with Crippen LogP contribution in [0, 0.1) is 35.0 Å². The highest BCUT2D eigenvalue weighted by Crippen LogP contribution is 2.53. The van der Waals surface area contributed by atoms with Crippen LogP contribution in [-0.4, -0.2) is 104 Å². The maximum absolute atomic E-state index is 14.4. The molecule has 2 bridgehead atoms. The molecule has 5 saturated heterocycles. The van der Waals surface area contributed by atoms with E-state index in [-0.39, 0.29) is 48.5 Å². The fraction of sp³-hybridized carbons (Fsp3) is 0.964. The van der Waals surface area contributed by atoms with Crippen molar-refractivity contribution in [3.05, 3.63) is 0 Å². The van der Waals surface area contributed by atoms with Gasteiger partial charge in [0.15, 0.2) is 0 Å². The van der Waals surface area contributed by atoms with E-state index >= 15 is 0 Å². The summed E-state index contributed by atoms with van der Waals surface area (Å²) in [6, 6.07) is 0.385. The number of amides is 1. The number of nitrogens with one attached hydrogen (secondary N) is 2. The van der Waals surface area contributed by atoms with Crippen molar-refractivity contribution in [1.82, 2.24) is 25.6 Å². The first kappa shape index (κ1) is 26.9. The molecule has 0 aromatic rings. The summed E-state index contributed by atoms with van der Waals surface area (Å²) in [6.07, 6.45) is 2.86. The summed E-state index contributed by atoms with van der Waals surface area (Å²) in [5.74, 6) is -2.13. The molecule has 0 aromatic carbocycles. The standard InChI is InChI=1S/C28H44F3N5O3/c1-34-16-32-33-25(34)9-27(14-38-15-27)18-3-2-4-19(7-18)36-12-23-22(26(36)37)5-17(6-24(23)28(29,30)31)10-35-11-21-8-20(35)13-39-21/h17-25,32-33H,2-16H2,1H3. The zero-order valence-corrected chi connectivity index (χ0v) is 23.0. The average Bonchev–Trinajstić information content (AvgIpc) is 3.66. The minimum Gasteiger partial charge on any atom is -0.380 e. The van der Waals surface area contributed by atoms with Gasteiger partial charge in [-0.15, -0.1) is 0 Å². The van der Waals surface area contributed by atoms with Crippen molar-refractivity contribution < 1.29 is 27.4 Å². The van der Waals surface area contributed by atoms with Crippen molar-refractivity contribution >= 4 is 5.91 Å². The summed E-state index contributed by atoms with van der Waals surface area (Å²) in [6.45, 7) is 4.73. The van der Waals surface area contributed by atoms with Gasteiger partial charge in [0.05, 0.1) is 44.7 Å². The van der Waals surface area contributed by atoms with Crippen molar-refractivity contribution in [2.24, 2.45) is 35.0 Å². The third kappa shape index (κ3) is 4.82. The third-order valence-corrected chi connectivity index (χ3v) is 11.6. The molecule has 7 rings (SSSR count). The van der Waals surface area contributed by atoms with Gasteiger partial charge < -0.3 is 14.4 Å². The van der Waals surface area contributed by atoms with Crippen molar-refractivity contribution in [1.29, 1.82) is 0 Å². The molecule has 9 atom stereocenters. The Morgan fingerprint density at radius 1 is 1.08 bits per heavy atom. The van der Waals surface area contributed by atoms with Crippen LogP contribution >= 0.6 is 0 Å². The first-order valence-electron chi connectivity index (χ1n) is 15.2. The number of fused-ring (bicyclic) bond motifs is 3. The van der Waals surface area contributed by atoms with E-state index in [2.05, 4.69) is 27.7 Å². The lowest BCUT2D eigenvalue weighted by molar-refractivity contribution is -0.204. The van der Waals surface area contributed by atoms with Gasteiger partial charge in [0.1, 0.15) is 0 Å². The van der Waals surface area contributed by atoms with E-state index in [1.807, 2.05) is 4.90 Å². The number of ether oxygens (including phenoxy) is 2. The molecule has 8 nitrogen and oxygen atoms in total. The van der Waals surface area contributed by atoms with Crippen LogP contribution in [0.1, 0.15) is 51.4 Å². The molecule has 0 radical (unpaired) electrons. The Kier molecular flexibility index (Phi) is 6.95. The van der Waals surface area contributed by atoms with Crippen molar-refractivity contribution in [3.63, 3.8) is 0 Å². The normalized spacial score (nSPS) is 44.7. The summed E-state index contributed by atoms with van der Waals surface area (Å²) in [5.41, 5.74) is 6.66. The van der Waals surface area contributed by atoms with Gasteiger partial charge in [0.2, 0.25) is 5.91 Å². The van der Waals surface area contributed by atoms with Gasteiger partial charge in [0.25, 0.3) is 0 Å². The Hall–Kier alpha value is -0.980. The summed E-state index contributed by atoms with van der Waals surface area (Å²) < 4.78 is 54.7. The molecule has 2 aliphatic carbocycles. The van der Waals surface area contributed by atoms with Crippen molar-refractivity contribution in [2.45, 2.75) is 81.9 Å². The molecule has 7 aliphatic rings. The van der Waals surface area contributed by atoms with Crippen LogP contribution in [0.4, 0.5) is 13.2 Å². The second kappa shape index (κ2) is 10.1. The molecule has 5 heterocycles. The van der Waals surface area contributed by atoms with Crippen LogP contribution in [-0.2, 0) is 14.3 Å². The van der Waals surface area contributed by atoms with E-state index in [0.29, 0.717) is 31.5 Å². The first-order chi connectivity index (χ1) is 18.7. The first-order valence-corrected chi connectivity index (χ1v) is 15.2. The van der Waals surface area contributed by atoms with Crippen LogP contribution in [0.5, 0.6) is 0 Å². The summed E-state index contributed by atoms with van der Waals surface area (Å²) in [4.78, 5) is 20.4. The third-order valence-electron chi connectivity index (χ3n) is 11.6. The number of carbonyl (C=O) groups excluding carboxylic acids is 1. The molecule has 5 aliphatic heterocycles. The Balaban J connectivity index is 1.05. The fourth-order valence-corrected chi connectivity index (χ4v) is 9.39.